The highest BCUT2D eigenvalue weighted by Gasteiger charge is 2.31. The largest absolute Gasteiger partial charge is 0.316 e. The second-order valence-electron chi connectivity index (χ2n) is 4.84. The molecule has 3 unspecified atom stereocenters. The smallest absolute Gasteiger partial charge is 0.00645 e. The minimum Gasteiger partial charge on any atom is -0.316 e. The maximum atomic E-state index is 3.54. The third kappa shape index (κ3) is 2.05. The van der Waals surface area contributed by atoms with E-state index >= 15 is 0 Å². The Balaban J connectivity index is 1.93. The van der Waals surface area contributed by atoms with Gasteiger partial charge in [-0.1, -0.05) is 6.92 Å². The summed E-state index contributed by atoms with van der Waals surface area (Å²) < 4.78 is 0. The van der Waals surface area contributed by atoms with E-state index < -0.39 is 0 Å². The normalized spacial score (nSPS) is 37.4. The standard InChI is InChI=1S/C11H22N2/c1-3-9(2)13-7-10-4-11(8-13)6-12-5-10/h9-12H,3-8H2,1-2H3. The molecular formula is C11H22N2. The molecule has 2 bridgehead atoms. The third-order valence-electron chi connectivity index (χ3n) is 3.73. The van der Waals surface area contributed by atoms with Crippen molar-refractivity contribution in [1.82, 2.24) is 10.2 Å². The number of nitrogens with one attached hydrogen (secondary N) is 1. The zero-order valence-electron chi connectivity index (χ0n) is 8.92. The van der Waals surface area contributed by atoms with E-state index in [0.29, 0.717) is 0 Å². The van der Waals surface area contributed by atoms with Gasteiger partial charge < -0.3 is 10.2 Å². The molecule has 0 spiro atoms. The minimum atomic E-state index is 0.795. The quantitative estimate of drug-likeness (QED) is 0.693. The summed E-state index contributed by atoms with van der Waals surface area (Å²) in [5.74, 6) is 1.86. The Hall–Kier alpha value is -0.0800. The van der Waals surface area contributed by atoms with Crippen molar-refractivity contribution in [3.05, 3.63) is 0 Å². The van der Waals surface area contributed by atoms with Gasteiger partial charge in [0, 0.05) is 19.1 Å². The highest BCUT2D eigenvalue weighted by Crippen LogP contribution is 2.26. The summed E-state index contributed by atoms with van der Waals surface area (Å²) in [6, 6.07) is 0.795. The number of likely N-dealkylation sites (tertiary alicyclic amines) is 1. The molecule has 0 amide bonds. The van der Waals surface area contributed by atoms with Gasteiger partial charge in [-0.2, -0.15) is 0 Å². The Morgan fingerprint density at radius 1 is 1.31 bits per heavy atom. The summed E-state index contributed by atoms with van der Waals surface area (Å²) >= 11 is 0. The number of piperidine rings is 2. The van der Waals surface area contributed by atoms with E-state index in [9.17, 15) is 0 Å². The van der Waals surface area contributed by atoms with Crippen molar-refractivity contribution >= 4 is 0 Å². The summed E-state index contributed by atoms with van der Waals surface area (Å²) in [4.78, 5) is 2.69. The van der Waals surface area contributed by atoms with Crippen LogP contribution in [0.15, 0.2) is 0 Å². The van der Waals surface area contributed by atoms with Gasteiger partial charge in [0.1, 0.15) is 0 Å². The summed E-state index contributed by atoms with van der Waals surface area (Å²) in [6.07, 6.45) is 2.77. The van der Waals surface area contributed by atoms with Gasteiger partial charge in [0.2, 0.25) is 0 Å². The SMILES string of the molecule is CCC(C)N1CC2CNCC(C2)C1. The van der Waals surface area contributed by atoms with E-state index in [2.05, 4.69) is 24.1 Å². The lowest BCUT2D eigenvalue weighted by Gasteiger charge is -2.44. The summed E-state index contributed by atoms with van der Waals surface area (Å²) in [7, 11) is 0. The number of rotatable bonds is 2. The molecule has 2 rings (SSSR count). The van der Waals surface area contributed by atoms with Crippen LogP contribution in [0.4, 0.5) is 0 Å². The van der Waals surface area contributed by atoms with Crippen LogP contribution in [0.25, 0.3) is 0 Å². The summed E-state index contributed by atoms with van der Waals surface area (Å²) in [5, 5.41) is 3.54. The molecule has 76 valence electrons. The maximum Gasteiger partial charge on any atom is 0.00645 e. The molecule has 0 saturated carbocycles. The van der Waals surface area contributed by atoms with E-state index in [4.69, 9.17) is 0 Å². The molecule has 0 radical (unpaired) electrons. The predicted octanol–water partition coefficient (Wildman–Crippen LogP) is 1.33. The lowest BCUT2D eigenvalue weighted by Crippen LogP contribution is -2.53. The molecule has 2 fully saturated rings. The van der Waals surface area contributed by atoms with Gasteiger partial charge in [0.25, 0.3) is 0 Å². The van der Waals surface area contributed by atoms with Crippen LogP contribution in [-0.2, 0) is 0 Å². The van der Waals surface area contributed by atoms with Gasteiger partial charge in [0.15, 0.2) is 0 Å². The van der Waals surface area contributed by atoms with Crippen LogP contribution in [-0.4, -0.2) is 37.1 Å². The van der Waals surface area contributed by atoms with Crippen LogP contribution in [0.1, 0.15) is 26.7 Å². The Labute approximate surface area is 81.7 Å². The zero-order chi connectivity index (χ0) is 9.26. The van der Waals surface area contributed by atoms with E-state index in [0.717, 1.165) is 17.9 Å². The van der Waals surface area contributed by atoms with Gasteiger partial charge in [-0.3, -0.25) is 0 Å². The summed E-state index contributed by atoms with van der Waals surface area (Å²) in [6.45, 7) is 9.84. The fourth-order valence-electron chi connectivity index (χ4n) is 2.76. The molecule has 2 aliphatic rings. The average molecular weight is 182 g/mol. The van der Waals surface area contributed by atoms with Crippen molar-refractivity contribution in [1.29, 1.82) is 0 Å². The first kappa shape index (κ1) is 9.47. The number of fused-ring (bicyclic) bond motifs is 2. The van der Waals surface area contributed by atoms with Crippen LogP contribution < -0.4 is 5.32 Å². The molecule has 0 aliphatic carbocycles. The molecule has 0 aromatic carbocycles. The highest BCUT2D eigenvalue weighted by atomic mass is 15.2. The van der Waals surface area contributed by atoms with Crippen molar-refractivity contribution in [2.75, 3.05) is 26.2 Å². The van der Waals surface area contributed by atoms with Crippen molar-refractivity contribution in [2.45, 2.75) is 32.7 Å². The topological polar surface area (TPSA) is 15.3 Å². The Morgan fingerprint density at radius 3 is 2.46 bits per heavy atom. The van der Waals surface area contributed by atoms with Gasteiger partial charge >= 0.3 is 0 Å². The lowest BCUT2D eigenvalue weighted by molar-refractivity contribution is 0.0668. The molecule has 2 nitrogen and oxygen atoms in total. The Kier molecular flexibility index (Phi) is 2.89. The Bertz CT molecular complexity index is 157. The van der Waals surface area contributed by atoms with E-state index in [-0.39, 0.29) is 0 Å². The second-order valence-corrected chi connectivity index (χ2v) is 4.84. The molecule has 2 saturated heterocycles. The molecule has 0 aromatic rings. The molecule has 13 heavy (non-hydrogen) atoms. The molecular weight excluding hydrogens is 160 g/mol. The van der Waals surface area contributed by atoms with Gasteiger partial charge in [-0.25, -0.2) is 0 Å². The van der Waals surface area contributed by atoms with Crippen LogP contribution >= 0.6 is 0 Å². The molecule has 3 atom stereocenters. The molecule has 0 aromatic heterocycles. The zero-order valence-corrected chi connectivity index (χ0v) is 8.92. The first-order valence-electron chi connectivity index (χ1n) is 5.74. The van der Waals surface area contributed by atoms with Crippen molar-refractivity contribution in [2.24, 2.45) is 11.8 Å². The lowest BCUT2D eigenvalue weighted by atomic mass is 9.85. The van der Waals surface area contributed by atoms with Crippen LogP contribution in [0.2, 0.25) is 0 Å². The number of hydrogen-bond acceptors (Lipinski definition) is 2. The Morgan fingerprint density at radius 2 is 1.92 bits per heavy atom. The second kappa shape index (κ2) is 3.97. The van der Waals surface area contributed by atoms with Gasteiger partial charge in [-0.15, -0.1) is 0 Å². The monoisotopic (exact) mass is 182 g/mol. The van der Waals surface area contributed by atoms with Crippen LogP contribution in [0.3, 0.4) is 0 Å². The first-order chi connectivity index (χ1) is 6.29. The number of nitrogens with zero attached hydrogens (tertiary/aromatic N) is 1. The molecule has 2 heterocycles. The molecule has 2 heteroatoms. The van der Waals surface area contributed by atoms with E-state index in [1.807, 2.05) is 0 Å². The minimum absolute atomic E-state index is 0.795. The summed E-state index contributed by atoms with van der Waals surface area (Å²) in [5.41, 5.74) is 0. The van der Waals surface area contributed by atoms with Crippen molar-refractivity contribution < 1.29 is 0 Å². The molecule has 1 N–H and O–H groups in total. The van der Waals surface area contributed by atoms with Gasteiger partial charge in [0.05, 0.1) is 0 Å². The van der Waals surface area contributed by atoms with Crippen molar-refractivity contribution in [3.63, 3.8) is 0 Å². The first-order valence-corrected chi connectivity index (χ1v) is 5.74. The molecule has 2 aliphatic heterocycles. The predicted molar refractivity (Wildman–Crippen MR) is 55.8 cm³/mol. The fourth-order valence-corrected chi connectivity index (χ4v) is 2.76. The van der Waals surface area contributed by atoms with Crippen LogP contribution in [0.5, 0.6) is 0 Å². The fraction of sp³-hybridized carbons (Fsp3) is 1.00. The van der Waals surface area contributed by atoms with E-state index in [1.165, 1.54) is 39.0 Å². The van der Waals surface area contributed by atoms with E-state index in [1.54, 1.807) is 0 Å². The third-order valence-corrected chi connectivity index (χ3v) is 3.73. The average Bonchev–Trinajstić information content (AvgIpc) is 2.16. The highest BCUT2D eigenvalue weighted by molar-refractivity contribution is 4.87. The van der Waals surface area contributed by atoms with Gasteiger partial charge in [-0.05, 0) is 44.7 Å². The number of hydrogen-bond donors (Lipinski definition) is 1. The van der Waals surface area contributed by atoms with Crippen molar-refractivity contribution in [3.8, 4) is 0 Å². The maximum absolute atomic E-state index is 3.54. The van der Waals surface area contributed by atoms with Crippen LogP contribution in [0, 0.1) is 11.8 Å².